The van der Waals surface area contributed by atoms with Crippen LogP contribution in [0.4, 0.5) is 0 Å². The maximum Gasteiger partial charge on any atom is 0.185 e. The third-order valence-electron chi connectivity index (χ3n) is 13.0. The molecule has 4 unspecified atom stereocenters. The zero-order chi connectivity index (χ0) is 44.9. The number of hydrogen-bond acceptors (Lipinski definition) is 12. The molecule has 5 aromatic carbocycles. The van der Waals surface area contributed by atoms with Crippen molar-refractivity contribution in [2.75, 3.05) is 13.2 Å². The summed E-state index contributed by atoms with van der Waals surface area (Å²) in [5, 5.41) is 54.4. The lowest BCUT2D eigenvalue weighted by Crippen LogP contribution is -2.69. The van der Waals surface area contributed by atoms with E-state index in [0.29, 0.717) is 39.1 Å². The van der Waals surface area contributed by atoms with Gasteiger partial charge in [-0.2, -0.15) is 0 Å². The van der Waals surface area contributed by atoms with E-state index in [1.807, 2.05) is 103 Å². The minimum Gasteiger partial charge on any atom is -0.388 e. The fourth-order valence-corrected chi connectivity index (χ4v) is 9.35. The number of nitrogens with one attached hydrogen (secondary N) is 5. The third-order valence-corrected chi connectivity index (χ3v) is 13.0. The molecule has 65 heavy (non-hydrogen) atoms. The molecule has 12 atom stereocenters. The maximum absolute atomic E-state index is 12.8. The molecule has 1 aliphatic carbocycles. The summed E-state index contributed by atoms with van der Waals surface area (Å²) in [4.78, 5) is 0. The van der Waals surface area contributed by atoms with Crippen LogP contribution >= 0.6 is 0 Å². The standard InChI is InChI=1S/C53H67N5O7/c1-53(61)36-62-52(47(60)50(53)58-34-41-25-15-6-16-26-41)65-49-45(57-33-40-23-13-5-14-24-40)29-44(56-32-39-21-11-4-12-22-39)48(46(49)59)64-51-43(55-31-38-19-9-3-10-20-38)28-27-42(63-51)35-54-30-37-17-7-2-8-18-37/h2-26,42-52,54-61H,27-36H2,1H3/t42-,43+,44-,45+,46-,47+,48?,49?,50+,51?,52?,53-/m0/s1. The zero-order valence-corrected chi connectivity index (χ0v) is 37.3. The Kier molecular flexibility index (Phi) is 16.9. The Balaban J connectivity index is 1.06. The Hall–Kier alpha value is -4.38. The summed E-state index contributed by atoms with van der Waals surface area (Å²) in [5.74, 6) is 0. The number of hydrogen-bond donors (Lipinski definition) is 8. The average molecular weight is 886 g/mol. The lowest BCUT2D eigenvalue weighted by Gasteiger charge is -2.50. The molecule has 0 aromatic heterocycles. The van der Waals surface area contributed by atoms with Crippen LogP contribution < -0.4 is 26.6 Å². The van der Waals surface area contributed by atoms with Gasteiger partial charge in [-0.1, -0.05) is 152 Å². The molecule has 12 nitrogen and oxygen atoms in total. The van der Waals surface area contributed by atoms with Gasteiger partial charge in [0, 0.05) is 51.4 Å². The Morgan fingerprint density at radius 3 is 1.42 bits per heavy atom. The first-order valence-electron chi connectivity index (χ1n) is 23.3. The minimum absolute atomic E-state index is 0.0856. The summed E-state index contributed by atoms with van der Waals surface area (Å²) in [6.07, 6.45) is -4.00. The van der Waals surface area contributed by atoms with Gasteiger partial charge < -0.3 is 60.9 Å². The fraction of sp³-hybridized carbons (Fsp3) is 0.434. The highest BCUT2D eigenvalue weighted by atomic mass is 16.7. The summed E-state index contributed by atoms with van der Waals surface area (Å²) >= 11 is 0. The van der Waals surface area contributed by atoms with Crippen molar-refractivity contribution >= 4 is 0 Å². The molecule has 2 aliphatic heterocycles. The molecule has 2 heterocycles. The molecule has 0 radical (unpaired) electrons. The van der Waals surface area contributed by atoms with E-state index < -0.39 is 54.7 Å². The van der Waals surface area contributed by atoms with Crippen LogP contribution in [0.5, 0.6) is 0 Å². The van der Waals surface area contributed by atoms with Crippen molar-refractivity contribution in [2.24, 2.45) is 0 Å². The van der Waals surface area contributed by atoms with Crippen LogP contribution in [-0.2, 0) is 51.7 Å². The van der Waals surface area contributed by atoms with Crippen LogP contribution in [0.25, 0.3) is 0 Å². The van der Waals surface area contributed by atoms with Gasteiger partial charge >= 0.3 is 0 Å². The molecule has 12 heteroatoms. The van der Waals surface area contributed by atoms with Crippen LogP contribution in [0.15, 0.2) is 152 Å². The molecular weight excluding hydrogens is 819 g/mol. The minimum atomic E-state index is -1.39. The van der Waals surface area contributed by atoms with Crippen molar-refractivity contribution in [3.05, 3.63) is 179 Å². The fourth-order valence-electron chi connectivity index (χ4n) is 9.35. The van der Waals surface area contributed by atoms with E-state index in [0.717, 1.165) is 41.6 Å². The molecule has 0 amide bonds. The molecule has 2 saturated heterocycles. The molecule has 0 bridgehead atoms. The predicted octanol–water partition coefficient (Wildman–Crippen LogP) is 4.92. The SMILES string of the molecule is C[C@]1(O)COC(OC2[C@@H](O)C(OC3O[C@H](CNCc4ccccc4)CC[C@H]3NCc3ccccc3)[C@@H](NCc3ccccc3)C[C@H]2NCc2ccccc2)[C@H](O)[C@H]1NCc1ccccc1. The summed E-state index contributed by atoms with van der Waals surface area (Å²) < 4.78 is 27.0. The highest BCUT2D eigenvalue weighted by Crippen LogP contribution is 2.34. The van der Waals surface area contributed by atoms with Gasteiger partial charge in [0.25, 0.3) is 0 Å². The monoisotopic (exact) mass is 886 g/mol. The van der Waals surface area contributed by atoms with Crippen molar-refractivity contribution in [3.63, 3.8) is 0 Å². The van der Waals surface area contributed by atoms with Gasteiger partial charge in [-0.25, -0.2) is 0 Å². The average Bonchev–Trinajstić information content (AvgIpc) is 3.34. The Morgan fingerprint density at radius 1 is 0.523 bits per heavy atom. The largest absolute Gasteiger partial charge is 0.388 e. The zero-order valence-electron chi connectivity index (χ0n) is 37.3. The maximum atomic E-state index is 12.8. The van der Waals surface area contributed by atoms with Crippen LogP contribution in [0.3, 0.4) is 0 Å². The van der Waals surface area contributed by atoms with E-state index >= 15 is 0 Å². The van der Waals surface area contributed by atoms with Crippen LogP contribution in [0.2, 0.25) is 0 Å². The van der Waals surface area contributed by atoms with Crippen LogP contribution in [-0.4, -0.2) is 101 Å². The summed E-state index contributed by atoms with van der Waals surface area (Å²) in [6, 6.07) is 49.1. The van der Waals surface area contributed by atoms with E-state index in [4.69, 9.17) is 18.9 Å². The molecule has 3 aliphatic rings. The van der Waals surface area contributed by atoms with Crippen molar-refractivity contribution in [1.29, 1.82) is 0 Å². The van der Waals surface area contributed by atoms with Crippen molar-refractivity contribution in [1.82, 2.24) is 26.6 Å². The lowest BCUT2D eigenvalue weighted by molar-refractivity contribution is -0.310. The molecule has 8 rings (SSSR count). The van der Waals surface area contributed by atoms with E-state index in [9.17, 15) is 15.3 Å². The molecule has 3 fully saturated rings. The number of aliphatic hydroxyl groups is 3. The predicted molar refractivity (Wildman–Crippen MR) is 251 cm³/mol. The van der Waals surface area contributed by atoms with E-state index in [1.165, 1.54) is 5.56 Å². The van der Waals surface area contributed by atoms with Crippen molar-refractivity contribution in [2.45, 2.75) is 132 Å². The lowest BCUT2D eigenvalue weighted by atomic mass is 9.82. The Labute approximate surface area is 384 Å². The number of benzene rings is 5. The number of rotatable bonds is 20. The summed E-state index contributed by atoms with van der Waals surface area (Å²) in [6.45, 7) is 5.05. The van der Waals surface area contributed by atoms with E-state index in [1.54, 1.807) is 6.92 Å². The Bertz CT molecular complexity index is 2110. The number of aliphatic hydroxyl groups excluding tert-OH is 2. The van der Waals surface area contributed by atoms with Gasteiger partial charge in [-0.05, 0) is 54.0 Å². The van der Waals surface area contributed by atoms with Gasteiger partial charge in [0.1, 0.15) is 30.0 Å². The van der Waals surface area contributed by atoms with Gasteiger partial charge in [0.2, 0.25) is 0 Å². The van der Waals surface area contributed by atoms with E-state index in [-0.39, 0.29) is 24.8 Å². The molecular formula is C53H67N5O7. The summed E-state index contributed by atoms with van der Waals surface area (Å²) in [5.41, 5.74) is 4.16. The second kappa shape index (κ2) is 23.4. The number of ether oxygens (including phenoxy) is 4. The smallest absolute Gasteiger partial charge is 0.185 e. The van der Waals surface area contributed by atoms with Gasteiger partial charge in [-0.3, -0.25) is 0 Å². The van der Waals surface area contributed by atoms with Crippen molar-refractivity contribution in [3.8, 4) is 0 Å². The Morgan fingerprint density at radius 2 is 0.938 bits per heavy atom. The quantitative estimate of drug-likeness (QED) is 0.0535. The van der Waals surface area contributed by atoms with Gasteiger partial charge in [-0.15, -0.1) is 0 Å². The first-order valence-corrected chi connectivity index (χ1v) is 23.3. The highest BCUT2D eigenvalue weighted by molar-refractivity contribution is 5.19. The summed E-state index contributed by atoms with van der Waals surface area (Å²) in [7, 11) is 0. The first-order chi connectivity index (χ1) is 31.8. The molecule has 1 saturated carbocycles. The van der Waals surface area contributed by atoms with Gasteiger partial charge in [0.05, 0.1) is 24.8 Å². The second-order valence-corrected chi connectivity index (χ2v) is 18.0. The second-order valence-electron chi connectivity index (χ2n) is 18.0. The van der Waals surface area contributed by atoms with E-state index in [2.05, 4.69) is 75.1 Å². The molecule has 346 valence electrons. The molecule has 5 aromatic rings. The molecule has 0 spiro atoms. The van der Waals surface area contributed by atoms with Gasteiger partial charge in [0.15, 0.2) is 12.6 Å². The topological polar surface area (TPSA) is 158 Å². The van der Waals surface area contributed by atoms with Crippen molar-refractivity contribution < 1.29 is 34.3 Å². The molecule has 8 N–H and O–H groups in total. The normalized spacial score (nSPS) is 30.5. The van der Waals surface area contributed by atoms with Crippen LogP contribution in [0, 0.1) is 0 Å². The first kappa shape index (κ1) is 47.1. The third kappa shape index (κ3) is 13.2. The van der Waals surface area contributed by atoms with Crippen LogP contribution in [0.1, 0.15) is 54.0 Å². The highest BCUT2D eigenvalue weighted by Gasteiger charge is 2.52.